The lowest BCUT2D eigenvalue weighted by Gasteiger charge is -2.35. The number of nitrogens with one attached hydrogen (secondary N) is 1. The summed E-state index contributed by atoms with van der Waals surface area (Å²) in [6.07, 6.45) is 3.83. The van der Waals surface area contributed by atoms with E-state index in [4.69, 9.17) is 0 Å². The van der Waals surface area contributed by atoms with Crippen LogP contribution in [-0.4, -0.2) is 29.8 Å². The zero-order valence-electron chi connectivity index (χ0n) is 14.0. The smallest absolute Gasteiger partial charge is 0.247 e. The van der Waals surface area contributed by atoms with E-state index < -0.39 is 0 Å². The average molecular weight is 314 g/mol. The molecule has 0 bridgehead atoms. The Bertz CT molecular complexity index is 580. The van der Waals surface area contributed by atoms with Crippen molar-refractivity contribution in [2.45, 2.75) is 33.1 Å². The molecule has 0 saturated carbocycles. The first kappa shape index (κ1) is 17.3. The number of anilines is 1. The highest BCUT2D eigenvalue weighted by Gasteiger charge is 2.25. The lowest BCUT2D eigenvalue weighted by Crippen LogP contribution is -2.42. The van der Waals surface area contributed by atoms with Gasteiger partial charge >= 0.3 is 0 Å². The van der Waals surface area contributed by atoms with Crippen molar-refractivity contribution >= 4 is 17.5 Å². The standard InChI is InChI=1S/C19H26N2O2/c1-4-18(22)20-17-10-6-5-8-15(17)12-19(23)21-11-7-9-16(13-21)14(2)3/h4-6,8,10,14,16H,1,7,9,11-13H2,2-3H3,(H,20,22). The van der Waals surface area contributed by atoms with Crippen molar-refractivity contribution in [2.75, 3.05) is 18.4 Å². The summed E-state index contributed by atoms with van der Waals surface area (Å²) in [5.41, 5.74) is 1.53. The molecule has 23 heavy (non-hydrogen) atoms. The van der Waals surface area contributed by atoms with Gasteiger partial charge in [-0.1, -0.05) is 38.6 Å². The Labute approximate surface area is 138 Å². The van der Waals surface area contributed by atoms with Gasteiger partial charge in [-0.15, -0.1) is 0 Å². The number of hydrogen-bond acceptors (Lipinski definition) is 2. The second-order valence-electron chi connectivity index (χ2n) is 6.51. The molecule has 0 spiro atoms. The zero-order chi connectivity index (χ0) is 16.8. The molecule has 1 aromatic carbocycles. The van der Waals surface area contributed by atoms with Gasteiger partial charge in [-0.25, -0.2) is 0 Å². The summed E-state index contributed by atoms with van der Waals surface area (Å²) < 4.78 is 0. The van der Waals surface area contributed by atoms with Gasteiger partial charge in [0.1, 0.15) is 0 Å². The number of amides is 2. The Morgan fingerprint density at radius 2 is 2.13 bits per heavy atom. The molecule has 1 aliphatic rings. The van der Waals surface area contributed by atoms with E-state index in [1.165, 1.54) is 12.5 Å². The molecular formula is C19H26N2O2. The number of piperidine rings is 1. The van der Waals surface area contributed by atoms with E-state index in [-0.39, 0.29) is 11.8 Å². The number of para-hydroxylation sites is 1. The van der Waals surface area contributed by atoms with Crippen molar-refractivity contribution in [3.05, 3.63) is 42.5 Å². The molecule has 1 fully saturated rings. The SMILES string of the molecule is C=CC(=O)Nc1ccccc1CC(=O)N1CCCC(C(C)C)C1. The second kappa shape index (κ2) is 7.95. The van der Waals surface area contributed by atoms with Crippen molar-refractivity contribution in [3.8, 4) is 0 Å². The highest BCUT2D eigenvalue weighted by atomic mass is 16.2. The molecule has 1 N–H and O–H groups in total. The van der Waals surface area contributed by atoms with Crippen LogP contribution in [0.2, 0.25) is 0 Å². The minimum Gasteiger partial charge on any atom is -0.342 e. The van der Waals surface area contributed by atoms with Gasteiger partial charge in [0, 0.05) is 18.8 Å². The van der Waals surface area contributed by atoms with Crippen molar-refractivity contribution in [1.29, 1.82) is 0 Å². The molecule has 1 unspecified atom stereocenters. The first-order valence-corrected chi connectivity index (χ1v) is 8.30. The van der Waals surface area contributed by atoms with E-state index in [9.17, 15) is 9.59 Å². The van der Waals surface area contributed by atoms with E-state index in [0.29, 0.717) is 23.9 Å². The van der Waals surface area contributed by atoms with Crippen LogP contribution in [0.15, 0.2) is 36.9 Å². The van der Waals surface area contributed by atoms with Gasteiger partial charge < -0.3 is 10.2 Å². The fourth-order valence-electron chi connectivity index (χ4n) is 3.04. The van der Waals surface area contributed by atoms with Gasteiger partial charge in [0.2, 0.25) is 11.8 Å². The lowest BCUT2D eigenvalue weighted by molar-refractivity contribution is -0.132. The van der Waals surface area contributed by atoms with Crippen LogP contribution in [-0.2, 0) is 16.0 Å². The Balaban J connectivity index is 2.05. The molecule has 1 heterocycles. The Hall–Kier alpha value is -2.10. The van der Waals surface area contributed by atoms with Crippen molar-refractivity contribution in [1.82, 2.24) is 4.90 Å². The second-order valence-corrected chi connectivity index (χ2v) is 6.51. The molecule has 1 saturated heterocycles. The zero-order valence-corrected chi connectivity index (χ0v) is 14.0. The molecule has 0 aliphatic carbocycles. The van der Waals surface area contributed by atoms with Crippen LogP contribution in [0.4, 0.5) is 5.69 Å². The summed E-state index contributed by atoms with van der Waals surface area (Å²) in [7, 11) is 0. The van der Waals surface area contributed by atoms with Gasteiger partial charge in [-0.3, -0.25) is 9.59 Å². The van der Waals surface area contributed by atoms with E-state index in [1.54, 1.807) is 0 Å². The molecule has 0 radical (unpaired) electrons. The molecule has 0 aromatic heterocycles. The lowest BCUT2D eigenvalue weighted by atomic mass is 9.87. The summed E-state index contributed by atoms with van der Waals surface area (Å²) in [6, 6.07) is 7.44. The van der Waals surface area contributed by atoms with E-state index in [0.717, 1.165) is 25.1 Å². The third-order valence-corrected chi connectivity index (χ3v) is 4.56. The number of benzene rings is 1. The maximum Gasteiger partial charge on any atom is 0.247 e. The van der Waals surface area contributed by atoms with Gasteiger partial charge in [-0.2, -0.15) is 0 Å². The van der Waals surface area contributed by atoms with Crippen molar-refractivity contribution in [2.24, 2.45) is 11.8 Å². The Morgan fingerprint density at radius 1 is 1.39 bits per heavy atom. The number of carbonyl (C=O) groups excluding carboxylic acids is 2. The highest BCUT2D eigenvalue weighted by molar-refractivity contribution is 5.99. The van der Waals surface area contributed by atoms with Gasteiger partial charge in [0.05, 0.1) is 6.42 Å². The number of carbonyl (C=O) groups is 2. The van der Waals surface area contributed by atoms with Crippen LogP contribution >= 0.6 is 0 Å². The van der Waals surface area contributed by atoms with Gasteiger partial charge in [0.15, 0.2) is 0 Å². The summed E-state index contributed by atoms with van der Waals surface area (Å²) in [5, 5.41) is 2.77. The Kier molecular flexibility index (Phi) is 5.97. The fourth-order valence-corrected chi connectivity index (χ4v) is 3.04. The molecule has 2 rings (SSSR count). The van der Waals surface area contributed by atoms with Gasteiger partial charge in [-0.05, 0) is 42.4 Å². The van der Waals surface area contributed by atoms with Crippen LogP contribution in [0.1, 0.15) is 32.3 Å². The predicted octanol–water partition coefficient (Wildman–Crippen LogP) is 3.25. The van der Waals surface area contributed by atoms with Crippen LogP contribution in [0, 0.1) is 11.8 Å². The first-order valence-electron chi connectivity index (χ1n) is 8.30. The molecule has 1 atom stereocenters. The maximum atomic E-state index is 12.6. The number of rotatable bonds is 5. The number of nitrogens with zero attached hydrogens (tertiary/aromatic N) is 1. The van der Waals surface area contributed by atoms with Crippen LogP contribution < -0.4 is 5.32 Å². The quantitative estimate of drug-likeness (QED) is 0.848. The summed E-state index contributed by atoms with van der Waals surface area (Å²) in [4.78, 5) is 26.1. The molecule has 1 aromatic rings. The average Bonchev–Trinajstić information content (AvgIpc) is 2.56. The summed E-state index contributed by atoms with van der Waals surface area (Å²) in [6.45, 7) is 9.58. The third-order valence-electron chi connectivity index (χ3n) is 4.56. The van der Waals surface area contributed by atoms with Crippen molar-refractivity contribution < 1.29 is 9.59 Å². The predicted molar refractivity (Wildman–Crippen MR) is 93.1 cm³/mol. The largest absolute Gasteiger partial charge is 0.342 e. The van der Waals surface area contributed by atoms with E-state index in [2.05, 4.69) is 25.7 Å². The summed E-state index contributed by atoms with van der Waals surface area (Å²) in [5.74, 6) is 1.06. The van der Waals surface area contributed by atoms with Crippen LogP contribution in [0.25, 0.3) is 0 Å². The van der Waals surface area contributed by atoms with Gasteiger partial charge in [0.25, 0.3) is 0 Å². The first-order chi connectivity index (χ1) is 11.0. The van der Waals surface area contributed by atoms with Crippen LogP contribution in [0.3, 0.4) is 0 Å². The molecule has 124 valence electrons. The van der Waals surface area contributed by atoms with E-state index >= 15 is 0 Å². The molecule has 4 heteroatoms. The van der Waals surface area contributed by atoms with Crippen LogP contribution in [0.5, 0.6) is 0 Å². The Morgan fingerprint density at radius 3 is 2.83 bits per heavy atom. The number of hydrogen-bond donors (Lipinski definition) is 1. The number of likely N-dealkylation sites (tertiary alicyclic amines) is 1. The normalized spacial score (nSPS) is 17.9. The highest BCUT2D eigenvalue weighted by Crippen LogP contribution is 2.24. The van der Waals surface area contributed by atoms with E-state index in [1.807, 2.05) is 29.2 Å². The van der Waals surface area contributed by atoms with Crippen molar-refractivity contribution in [3.63, 3.8) is 0 Å². The topological polar surface area (TPSA) is 49.4 Å². The molecule has 1 aliphatic heterocycles. The fraction of sp³-hybridized carbons (Fsp3) is 0.474. The third kappa shape index (κ3) is 4.68. The molecule has 2 amide bonds. The minimum absolute atomic E-state index is 0.135. The monoisotopic (exact) mass is 314 g/mol. The molecular weight excluding hydrogens is 288 g/mol. The minimum atomic E-state index is -0.261. The molecule has 4 nitrogen and oxygen atoms in total. The summed E-state index contributed by atoms with van der Waals surface area (Å²) >= 11 is 0. The maximum absolute atomic E-state index is 12.6.